The van der Waals surface area contributed by atoms with E-state index in [9.17, 15) is 9.59 Å². The molecule has 0 saturated carbocycles. The average molecular weight is 108 g/mol. The van der Waals surface area contributed by atoms with Crippen LogP contribution in [0.4, 0.5) is 0 Å². The lowest BCUT2D eigenvalue weighted by Crippen LogP contribution is -1.93. The second-order valence-electron chi connectivity index (χ2n) is 1.55. The Hall–Kier alpha value is -0.790. The van der Waals surface area contributed by atoms with Gasteiger partial charge in [0.25, 0.3) is 0 Å². The van der Waals surface area contributed by atoms with E-state index in [1.54, 1.807) is 0 Å². The summed E-state index contributed by atoms with van der Waals surface area (Å²) in [6.45, 7) is 0. The van der Waals surface area contributed by atoms with E-state index in [0.29, 0.717) is 0 Å². The monoisotopic (exact) mass is 108 g/mol. The van der Waals surface area contributed by atoms with Crippen molar-refractivity contribution in [2.45, 2.75) is 0 Å². The lowest BCUT2D eigenvalue weighted by molar-refractivity contribution is -0.109. The smallest absolute Gasteiger partial charge is 0.192 e. The Labute approximate surface area is 49.8 Å². The summed E-state index contributed by atoms with van der Waals surface area (Å²) in [6, 6.07) is 0. The third kappa shape index (κ3) is 5.21. The first kappa shape index (κ1) is 7.21. The van der Waals surface area contributed by atoms with Gasteiger partial charge in [-0.05, 0) is 12.2 Å². The van der Waals surface area contributed by atoms with Crippen LogP contribution in [0.5, 0.6) is 0 Å². The summed E-state index contributed by atoms with van der Waals surface area (Å²) in [5.41, 5.74) is -0.194. The van der Waals surface area contributed by atoms with E-state index >= 15 is 0 Å². The van der Waals surface area contributed by atoms with E-state index in [-0.39, 0.29) is 11.4 Å². The summed E-state index contributed by atoms with van der Waals surface area (Å²) in [7, 11) is 2.80. The molecular weight excluding hydrogens is 102 g/mol. The zero-order valence-corrected chi connectivity index (χ0v) is 4.97. The van der Waals surface area contributed by atoms with Gasteiger partial charge in [-0.25, -0.2) is 0 Å². The van der Waals surface area contributed by atoms with Crippen molar-refractivity contribution in [2.75, 3.05) is 0 Å². The molecule has 8 heavy (non-hydrogen) atoms. The molecular formula is C4H6B2O2. The number of allylic oxidation sites excluding steroid dienone is 2. The minimum absolute atomic E-state index is 0.0970. The van der Waals surface area contributed by atoms with Crippen LogP contribution in [-0.2, 0) is 9.59 Å². The van der Waals surface area contributed by atoms with Crippen LogP contribution in [0.15, 0.2) is 12.2 Å². The molecule has 0 aromatic heterocycles. The van der Waals surface area contributed by atoms with Crippen LogP contribution in [-0.4, -0.2) is 27.1 Å². The summed E-state index contributed by atoms with van der Waals surface area (Å²) in [5.74, 6) is 0. The zero-order valence-electron chi connectivity index (χ0n) is 4.97. The van der Waals surface area contributed by atoms with E-state index in [0.717, 1.165) is 0 Å². The van der Waals surface area contributed by atoms with Gasteiger partial charge in [0.15, 0.2) is 15.7 Å². The van der Waals surface area contributed by atoms with Crippen LogP contribution >= 0.6 is 0 Å². The average Bonchev–Trinajstić information content (AvgIpc) is 1.61. The Morgan fingerprint density at radius 2 is 1.25 bits per heavy atom. The van der Waals surface area contributed by atoms with Crippen LogP contribution in [0.25, 0.3) is 0 Å². The molecule has 40 valence electrons. The van der Waals surface area contributed by atoms with Crippen molar-refractivity contribution in [1.29, 1.82) is 0 Å². The molecule has 2 nitrogen and oxygen atoms in total. The molecule has 0 N–H and O–H groups in total. The maximum absolute atomic E-state index is 10.1. The van der Waals surface area contributed by atoms with Crippen molar-refractivity contribution in [3.8, 4) is 0 Å². The van der Waals surface area contributed by atoms with Crippen molar-refractivity contribution in [3.05, 3.63) is 12.2 Å². The first-order chi connectivity index (χ1) is 3.63. The molecule has 0 rings (SSSR count). The fourth-order valence-corrected chi connectivity index (χ4v) is 0.235. The zero-order chi connectivity index (χ0) is 6.57. The van der Waals surface area contributed by atoms with Crippen molar-refractivity contribution in [2.24, 2.45) is 0 Å². The highest BCUT2D eigenvalue weighted by molar-refractivity contribution is 6.64. The van der Waals surface area contributed by atoms with E-state index < -0.39 is 0 Å². The predicted octanol–water partition coefficient (Wildman–Crippen LogP) is -2.14. The number of carbonyl (C=O) groups is 2. The number of carbonyl (C=O) groups excluding carboxylic acids is 2. The standard InChI is InChI=1S/C4H6B2O2/c5-3(7)1-2-4(6)8/h1-2H,5-6H2/b2-1+. The number of hydrogen-bond donors (Lipinski definition) is 0. The summed E-state index contributed by atoms with van der Waals surface area (Å²) in [4.78, 5) is 20.2. The lowest BCUT2D eigenvalue weighted by atomic mass is 9.98. The fraction of sp³-hybridized carbons (Fsp3) is 0. The Bertz CT molecular complexity index is 123. The molecule has 0 aromatic rings. The summed E-state index contributed by atoms with van der Waals surface area (Å²) in [6.07, 6.45) is 2.50. The second kappa shape index (κ2) is 3.24. The molecule has 0 spiro atoms. The van der Waals surface area contributed by atoms with Crippen molar-refractivity contribution >= 4 is 27.1 Å². The minimum atomic E-state index is -0.0970. The quantitative estimate of drug-likeness (QED) is 0.298. The SMILES string of the molecule is BC(=O)/C=C/C(B)=O. The van der Waals surface area contributed by atoms with Gasteiger partial charge in [-0.2, -0.15) is 0 Å². The van der Waals surface area contributed by atoms with Crippen molar-refractivity contribution in [1.82, 2.24) is 0 Å². The summed E-state index contributed by atoms with van der Waals surface area (Å²) in [5, 5.41) is 0. The van der Waals surface area contributed by atoms with E-state index in [4.69, 9.17) is 0 Å². The van der Waals surface area contributed by atoms with Gasteiger partial charge in [0, 0.05) is 0 Å². The molecule has 0 bridgehead atoms. The molecule has 0 aromatic carbocycles. The topological polar surface area (TPSA) is 34.1 Å². The molecule has 0 heterocycles. The Morgan fingerprint density at radius 1 is 1.00 bits per heavy atom. The molecule has 4 heteroatoms. The molecule has 0 fully saturated rings. The first-order valence-electron chi connectivity index (χ1n) is 2.32. The maximum atomic E-state index is 10.1. The highest BCUT2D eigenvalue weighted by Crippen LogP contribution is 1.69. The molecule has 0 radical (unpaired) electrons. The maximum Gasteiger partial charge on any atom is 0.192 e. The first-order valence-corrected chi connectivity index (χ1v) is 2.32. The largest absolute Gasteiger partial charge is 0.307 e. The summed E-state index contributed by atoms with van der Waals surface area (Å²) >= 11 is 0. The van der Waals surface area contributed by atoms with Crippen LogP contribution in [0.3, 0.4) is 0 Å². The molecule has 0 atom stereocenters. The molecule has 0 aliphatic heterocycles. The van der Waals surface area contributed by atoms with Crippen molar-refractivity contribution in [3.63, 3.8) is 0 Å². The van der Waals surface area contributed by atoms with Gasteiger partial charge in [0.2, 0.25) is 0 Å². The third-order valence-corrected chi connectivity index (χ3v) is 0.553. The molecule has 0 unspecified atom stereocenters. The van der Waals surface area contributed by atoms with Gasteiger partial charge < -0.3 is 9.59 Å². The lowest BCUT2D eigenvalue weighted by Gasteiger charge is -1.75. The molecule has 0 aliphatic carbocycles. The van der Waals surface area contributed by atoms with Crippen LogP contribution in [0, 0.1) is 0 Å². The Kier molecular flexibility index (Phi) is 2.92. The van der Waals surface area contributed by atoms with Crippen LogP contribution in [0.1, 0.15) is 0 Å². The fourth-order valence-electron chi connectivity index (χ4n) is 0.235. The van der Waals surface area contributed by atoms with Crippen LogP contribution in [0.2, 0.25) is 0 Å². The second-order valence-corrected chi connectivity index (χ2v) is 1.55. The molecule has 0 amide bonds. The minimum Gasteiger partial charge on any atom is -0.307 e. The Balaban J connectivity index is 3.67. The third-order valence-electron chi connectivity index (χ3n) is 0.553. The number of hydrogen-bond acceptors (Lipinski definition) is 2. The predicted molar refractivity (Wildman–Crippen MR) is 36.2 cm³/mol. The van der Waals surface area contributed by atoms with E-state index in [2.05, 4.69) is 0 Å². The van der Waals surface area contributed by atoms with Gasteiger partial charge in [-0.3, -0.25) is 0 Å². The van der Waals surface area contributed by atoms with Gasteiger partial charge in [0.05, 0.1) is 0 Å². The van der Waals surface area contributed by atoms with Gasteiger partial charge in [0.1, 0.15) is 11.4 Å². The van der Waals surface area contributed by atoms with Gasteiger partial charge in [-0.15, -0.1) is 0 Å². The normalized spacial score (nSPS) is 9.50. The highest BCUT2D eigenvalue weighted by atomic mass is 16.1. The van der Waals surface area contributed by atoms with Gasteiger partial charge >= 0.3 is 0 Å². The highest BCUT2D eigenvalue weighted by Gasteiger charge is 1.83. The molecule has 0 aliphatic rings. The molecule has 0 saturated heterocycles. The van der Waals surface area contributed by atoms with Crippen LogP contribution < -0.4 is 0 Å². The number of rotatable bonds is 2. The Morgan fingerprint density at radius 3 is 1.38 bits per heavy atom. The van der Waals surface area contributed by atoms with E-state index in [1.807, 2.05) is 0 Å². The summed E-state index contributed by atoms with van der Waals surface area (Å²) < 4.78 is 0. The van der Waals surface area contributed by atoms with Gasteiger partial charge in [-0.1, -0.05) is 0 Å². The van der Waals surface area contributed by atoms with Crippen molar-refractivity contribution < 1.29 is 9.59 Å². The van der Waals surface area contributed by atoms with E-state index in [1.165, 1.54) is 27.8 Å².